The molecule has 1 atom stereocenters. The van der Waals surface area contributed by atoms with Crippen LogP contribution < -0.4 is 10.6 Å². The van der Waals surface area contributed by atoms with Crippen LogP contribution in [0.15, 0.2) is 18.2 Å². The first kappa shape index (κ1) is 25.6. The van der Waals surface area contributed by atoms with Gasteiger partial charge in [-0.25, -0.2) is 4.98 Å². The lowest BCUT2D eigenvalue weighted by Gasteiger charge is -2.22. The van der Waals surface area contributed by atoms with Crippen molar-refractivity contribution in [2.24, 2.45) is 18.9 Å². The quantitative estimate of drug-likeness (QED) is 0.508. The van der Waals surface area contributed by atoms with Gasteiger partial charge in [0, 0.05) is 25.6 Å². The Hall–Kier alpha value is -1.45. The normalized spacial score (nSPS) is 15.2. The van der Waals surface area contributed by atoms with E-state index in [1.807, 2.05) is 13.1 Å². The number of nitrogens with zero attached hydrogens (tertiary/aromatic N) is 2. The van der Waals surface area contributed by atoms with Crippen LogP contribution in [-0.2, 0) is 18.3 Å². The second kappa shape index (κ2) is 11.7. The maximum absolute atomic E-state index is 12.3. The zero-order valence-electron chi connectivity index (χ0n) is 16.8. The standard InChI is InChI=1S/C20H28N4O3.2BrH/c1-13(20(26)27)12-22-19(25)15-4-5-17-16(11-15)23-18(24(17)2)6-3-14-7-9-21-10-8-14;;/h4-5,11,13-14,21H,3,6-10,12H2,1-2H3,(H,22,25)(H,26,27);2*1H. The van der Waals surface area contributed by atoms with Gasteiger partial charge in [-0.3, -0.25) is 9.59 Å². The minimum Gasteiger partial charge on any atom is -0.481 e. The van der Waals surface area contributed by atoms with E-state index < -0.39 is 11.9 Å². The van der Waals surface area contributed by atoms with Gasteiger partial charge in [-0.15, -0.1) is 34.0 Å². The van der Waals surface area contributed by atoms with Crippen molar-refractivity contribution in [1.29, 1.82) is 0 Å². The van der Waals surface area contributed by atoms with Crippen molar-refractivity contribution in [2.75, 3.05) is 19.6 Å². The highest BCUT2D eigenvalue weighted by Gasteiger charge is 2.17. The number of benzene rings is 1. The average Bonchev–Trinajstić information content (AvgIpc) is 3.00. The number of aromatic nitrogens is 2. The average molecular weight is 534 g/mol. The summed E-state index contributed by atoms with van der Waals surface area (Å²) in [6, 6.07) is 5.46. The van der Waals surface area contributed by atoms with Gasteiger partial charge in [0.2, 0.25) is 0 Å². The molecule has 7 nitrogen and oxygen atoms in total. The van der Waals surface area contributed by atoms with Crippen LogP contribution in [0.3, 0.4) is 0 Å². The lowest BCUT2D eigenvalue weighted by Crippen LogP contribution is -2.31. The number of carbonyl (C=O) groups is 2. The number of aliphatic carboxylic acids is 1. The topological polar surface area (TPSA) is 96.3 Å². The van der Waals surface area contributed by atoms with E-state index in [1.165, 1.54) is 12.8 Å². The molecule has 9 heteroatoms. The number of carboxylic acid groups (broad SMARTS) is 1. The summed E-state index contributed by atoms with van der Waals surface area (Å²) in [5.41, 5.74) is 2.31. The lowest BCUT2D eigenvalue weighted by molar-refractivity contribution is -0.140. The number of carbonyl (C=O) groups excluding carboxylic acids is 1. The number of piperidine rings is 1. The number of carboxylic acids is 1. The van der Waals surface area contributed by atoms with Crippen LogP contribution in [0.5, 0.6) is 0 Å². The molecule has 0 aliphatic carbocycles. The Kier molecular flexibility index (Phi) is 10.3. The number of imidazole rings is 1. The Morgan fingerprint density at radius 1 is 1.31 bits per heavy atom. The summed E-state index contributed by atoms with van der Waals surface area (Å²) in [5.74, 6) is -0.0147. The van der Waals surface area contributed by atoms with Crippen molar-refractivity contribution in [1.82, 2.24) is 20.2 Å². The van der Waals surface area contributed by atoms with E-state index in [9.17, 15) is 9.59 Å². The Morgan fingerprint density at radius 2 is 2.00 bits per heavy atom. The highest BCUT2D eigenvalue weighted by molar-refractivity contribution is 8.93. The zero-order valence-corrected chi connectivity index (χ0v) is 20.2. The Morgan fingerprint density at radius 3 is 2.66 bits per heavy atom. The van der Waals surface area contributed by atoms with Crippen LogP contribution in [0.1, 0.15) is 42.4 Å². The van der Waals surface area contributed by atoms with Gasteiger partial charge < -0.3 is 20.3 Å². The van der Waals surface area contributed by atoms with Crippen LogP contribution in [0.2, 0.25) is 0 Å². The van der Waals surface area contributed by atoms with Crippen LogP contribution in [-0.4, -0.2) is 46.2 Å². The molecule has 162 valence electrons. The molecule has 0 spiro atoms. The second-order valence-electron chi connectivity index (χ2n) is 7.47. The molecule has 1 unspecified atom stereocenters. The molecular formula is C20H30Br2N4O3. The van der Waals surface area contributed by atoms with E-state index in [4.69, 9.17) is 10.1 Å². The third-order valence-corrected chi connectivity index (χ3v) is 5.46. The van der Waals surface area contributed by atoms with Gasteiger partial charge in [-0.2, -0.15) is 0 Å². The Bertz CT molecular complexity index is 834. The van der Waals surface area contributed by atoms with Crippen molar-refractivity contribution in [3.63, 3.8) is 0 Å². The molecule has 0 radical (unpaired) electrons. The van der Waals surface area contributed by atoms with Crippen LogP contribution in [0.25, 0.3) is 11.0 Å². The van der Waals surface area contributed by atoms with Crippen LogP contribution in [0.4, 0.5) is 0 Å². The monoisotopic (exact) mass is 532 g/mol. The number of aryl methyl sites for hydroxylation is 2. The molecule has 1 aliphatic rings. The van der Waals surface area contributed by atoms with Crippen molar-refractivity contribution in [3.05, 3.63) is 29.6 Å². The number of hydrogen-bond acceptors (Lipinski definition) is 4. The van der Waals surface area contributed by atoms with E-state index in [-0.39, 0.29) is 46.4 Å². The third kappa shape index (κ3) is 6.52. The molecule has 2 aromatic rings. The summed E-state index contributed by atoms with van der Waals surface area (Å²) < 4.78 is 2.10. The predicted molar refractivity (Wildman–Crippen MR) is 124 cm³/mol. The fourth-order valence-electron chi connectivity index (χ4n) is 3.55. The van der Waals surface area contributed by atoms with Gasteiger partial charge in [-0.1, -0.05) is 6.92 Å². The van der Waals surface area contributed by atoms with E-state index in [1.54, 1.807) is 19.1 Å². The van der Waals surface area contributed by atoms with E-state index in [2.05, 4.69) is 15.2 Å². The molecule has 1 aliphatic heterocycles. The summed E-state index contributed by atoms with van der Waals surface area (Å²) in [6.07, 6.45) is 4.53. The molecule has 0 saturated carbocycles. The molecule has 1 aromatic carbocycles. The highest BCUT2D eigenvalue weighted by atomic mass is 79.9. The molecular weight excluding hydrogens is 504 g/mol. The SMILES string of the molecule is Br.Br.CC(CNC(=O)c1ccc2c(c1)nc(CCC1CCNCC1)n2C)C(=O)O. The molecule has 2 heterocycles. The minimum absolute atomic E-state index is 0. The second-order valence-corrected chi connectivity index (χ2v) is 7.47. The summed E-state index contributed by atoms with van der Waals surface area (Å²) in [7, 11) is 2.02. The molecule has 1 aromatic heterocycles. The molecule has 1 amide bonds. The first-order valence-corrected chi connectivity index (χ1v) is 9.62. The van der Waals surface area contributed by atoms with Crippen LogP contribution in [0, 0.1) is 11.8 Å². The van der Waals surface area contributed by atoms with Crippen molar-refractivity contribution >= 4 is 56.9 Å². The molecule has 0 bridgehead atoms. The first-order chi connectivity index (χ1) is 13.0. The van der Waals surface area contributed by atoms with Crippen LogP contribution >= 0.6 is 34.0 Å². The fraction of sp³-hybridized carbons (Fsp3) is 0.550. The molecule has 29 heavy (non-hydrogen) atoms. The Labute approximate surface area is 192 Å². The summed E-state index contributed by atoms with van der Waals surface area (Å²) in [4.78, 5) is 27.9. The number of amides is 1. The van der Waals surface area contributed by atoms with Crippen molar-refractivity contribution in [2.45, 2.75) is 32.6 Å². The Balaban J connectivity index is 0.00000210. The largest absolute Gasteiger partial charge is 0.481 e. The van der Waals surface area contributed by atoms with E-state index >= 15 is 0 Å². The van der Waals surface area contributed by atoms with Crippen molar-refractivity contribution < 1.29 is 14.7 Å². The first-order valence-electron chi connectivity index (χ1n) is 9.62. The summed E-state index contributed by atoms with van der Waals surface area (Å²) >= 11 is 0. The number of fused-ring (bicyclic) bond motifs is 1. The maximum atomic E-state index is 12.3. The number of hydrogen-bond donors (Lipinski definition) is 3. The van der Waals surface area contributed by atoms with E-state index in [0.29, 0.717) is 5.56 Å². The predicted octanol–water partition coefficient (Wildman–Crippen LogP) is 3.11. The molecule has 3 rings (SSSR count). The lowest BCUT2D eigenvalue weighted by atomic mass is 9.93. The summed E-state index contributed by atoms with van der Waals surface area (Å²) in [5, 5.41) is 15.0. The number of rotatable bonds is 7. The minimum atomic E-state index is -0.922. The van der Waals surface area contributed by atoms with Gasteiger partial charge >= 0.3 is 5.97 Å². The maximum Gasteiger partial charge on any atom is 0.308 e. The molecule has 3 N–H and O–H groups in total. The molecule has 1 fully saturated rings. The summed E-state index contributed by atoms with van der Waals surface area (Å²) in [6.45, 7) is 3.88. The van der Waals surface area contributed by atoms with Gasteiger partial charge in [0.1, 0.15) is 5.82 Å². The fourth-order valence-corrected chi connectivity index (χ4v) is 3.55. The van der Waals surface area contributed by atoms with Gasteiger partial charge in [0.15, 0.2) is 0 Å². The van der Waals surface area contributed by atoms with Gasteiger partial charge in [0.25, 0.3) is 5.91 Å². The smallest absolute Gasteiger partial charge is 0.308 e. The zero-order chi connectivity index (χ0) is 19.4. The van der Waals surface area contributed by atoms with E-state index in [0.717, 1.165) is 48.7 Å². The van der Waals surface area contributed by atoms with Crippen molar-refractivity contribution in [3.8, 4) is 0 Å². The van der Waals surface area contributed by atoms with Gasteiger partial charge in [-0.05, 0) is 56.5 Å². The highest BCUT2D eigenvalue weighted by Crippen LogP contribution is 2.22. The number of halogens is 2. The third-order valence-electron chi connectivity index (χ3n) is 5.46. The molecule has 1 saturated heterocycles. The van der Waals surface area contributed by atoms with Gasteiger partial charge in [0.05, 0.1) is 17.0 Å². The number of nitrogens with one attached hydrogen (secondary N) is 2.